The van der Waals surface area contributed by atoms with Gasteiger partial charge in [0.1, 0.15) is 5.69 Å². The SMILES string of the molecule is Cc1nn(C(C)C)c(NC2CCCC(C)(C)C2)c1[N+](=O)[O-]. The third kappa shape index (κ3) is 3.36. The lowest BCUT2D eigenvalue weighted by Gasteiger charge is -2.35. The van der Waals surface area contributed by atoms with Crippen LogP contribution >= 0.6 is 0 Å². The van der Waals surface area contributed by atoms with Crippen molar-refractivity contribution in [2.75, 3.05) is 5.32 Å². The van der Waals surface area contributed by atoms with E-state index in [2.05, 4.69) is 24.3 Å². The Morgan fingerprint density at radius 1 is 1.48 bits per heavy atom. The summed E-state index contributed by atoms with van der Waals surface area (Å²) in [6, 6.07) is 0.373. The molecule has 1 aliphatic rings. The van der Waals surface area contributed by atoms with Gasteiger partial charge in [-0.2, -0.15) is 5.10 Å². The summed E-state index contributed by atoms with van der Waals surface area (Å²) in [5, 5.41) is 19.1. The summed E-state index contributed by atoms with van der Waals surface area (Å²) >= 11 is 0. The van der Waals surface area contributed by atoms with Gasteiger partial charge < -0.3 is 5.32 Å². The minimum Gasteiger partial charge on any atom is -0.362 e. The quantitative estimate of drug-likeness (QED) is 0.671. The van der Waals surface area contributed by atoms with Crippen LogP contribution in [0, 0.1) is 22.5 Å². The molecule has 1 atom stereocenters. The molecule has 1 unspecified atom stereocenters. The van der Waals surface area contributed by atoms with Crippen molar-refractivity contribution in [3.05, 3.63) is 15.8 Å². The van der Waals surface area contributed by atoms with Crippen LogP contribution in [0.15, 0.2) is 0 Å². The van der Waals surface area contributed by atoms with Gasteiger partial charge in [0.2, 0.25) is 5.82 Å². The van der Waals surface area contributed by atoms with Gasteiger partial charge in [0.15, 0.2) is 0 Å². The lowest BCUT2D eigenvalue weighted by atomic mass is 9.75. The van der Waals surface area contributed by atoms with Gasteiger partial charge in [-0.15, -0.1) is 0 Å². The molecule has 1 saturated carbocycles. The third-order valence-corrected chi connectivity index (χ3v) is 4.27. The number of nitrogens with zero attached hydrogens (tertiary/aromatic N) is 3. The predicted molar refractivity (Wildman–Crippen MR) is 83.7 cm³/mol. The second-order valence-corrected chi connectivity index (χ2v) is 7.18. The minimum absolute atomic E-state index is 0.0940. The van der Waals surface area contributed by atoms with Crippen molar-refractivity contribution >= 4 is 11.5 Å². The standard InChI is InChI=1S/C15H26N4O2/c1-10(2)18-14(13(19(20)21)11(3)17-18)16-12-7-6-8-15(4,5)9-12/h10,12,16H,6-9H2,1-5H3. The first-order valence-electron chi connectivity index (χ1n) is 7.71. The van der Waals surface area contributed by atoms with Crippen molar-refractivity contribution in [3.8, 4) is 0 Å². The van der Waals surface area contributed by atoms with Crippen molar-refractivity contribution in [2.45, 2.75) is 72.4 Å². The van der Waals surface area contributed by atoms with Crippen LogP contribution in [0.1, 0.15) is 65.1 Å². The van der Waals surface area contributed by atoms with E-state index >= 15 is 0 Å². The summed E-state index contributed by atoms with van der Waals surface area (Å²) in [5.74, 6) is 0.565. The zero-order valence-electron chi connectivity index (χ0n) is 13.6. The summed E-state index contributed by atoms with van der Waals surface area (Å²) in [6.45, 7) is 10.2. The fourth-order valence-corrected chi connectivity index (χ4v) is 3.28. The largest absolute Gasteiger partial charge is 0.362 e. The number of hydrogen-bond donors (Lipinski definition) is 1. The molecule has 2 rings (SSSR count). The first-order chi connectivity index (χ1) is 9.71. The summed E-state index contributed by atoms with van der Waals surface area (Å²) in [6.07, 6.45) is 4.47. The van der Waals surface area contributed by atoms with Gasteiger partial charge in [0, 0.05) is 12.1 Å². The highest BCUT2D eigenvalue weighted by atomic mass is 16.6. The van der Waals surface area contributed by atoms with E-state index in [1.807, 2.05) is 13.8 Å². The van der Waals surface area contributed by atoms with E-state index in [0.29, 0.717) is 16.9 Å². The second-order valence-electron chi connectivity index (χ2n) is 7.18. The van der Waals surface area contributed by atoms with Crippen LogP contribution in [0.2, 0.25) is 0 Å². The smallest absolute Gasteiger partial charge is 0.333 e. The molecule has 0 aromatic carbocycles. The Kier molecular flexibility index (Phi) is 4.25. The molecular weight excluding hydrogens is 268 g/mol. The predicted octanol–water partition coefficient (Wildman–Crippen LogP) is 4.06. The number of aryl methyl sites for hydroxylation is 1. The van der Waals surface area contributed by atoms with Gasteiger partial charge in [-0.1, -0.05) is 20.3 Å². The number of anilines is 1. The first-order valence-corrected chi connectivity index (χ1v) is 7.71. The van der Waals surface area contributed by atoms with Crippen molar-refractivity contribution < 1.29 is 4.92 Å². The highest BCUT2D eigenvalue weighted by Crippen LogP contribution is 2.38. The van der Waals surface area contributed by atoms with Crippen molar-refractivity contribution in [2.24, 2.45) is 5.41 Å². The van der Waals surface area contributed by atoms with Crippen LogP contribution in [0.3, 0.4) is 0 Å². The van der Waals surface area contributed by atoms with E-state index in [1.165, 1.54) is 6.42 Å². The fourth-order valence-electron chi connectivity index (χ4n) is 3.28. The summed E-state index contributed by atoms with van der Waals surface area (Å²) in [4.78, 5) is 11.0. The van der Waals surface area contributed by atoms with Crippen molar-refractivity contribution in [1.29, 1.82) is 0 Å². The first kappa shape index (κ1) is 15.8. The Labute approximate surface area is 126 Å². The van der Waals surface area contributed by atoms with Gasteiger partial charge in [0.25, 0.3) is 0 Å². The monoisotopic (exact) mass is 294 g/mol. The highest BCUT2D eigenvalue weighted by molar-refractivity contribution is 5.60. The average Bonchev–Trinajstić information content (AvgIpc) is 2.65. The number of nitro groups is 1. The van der Waals surface area contributed by atoms with Crippen LogP contribution in [-0.4, -0.2) is 20.7 Å². The molecule has 1 fully saturated rings. The molecular formula is C15H26N4O2. The number of nitrogens with one attached hydrogen (secondary N) is 1. The Balaban J connectivity index is 2.31. The van der Waals surface area contributed by atoms with E-state index in [9.17, 15) is 10.1 Å². The van der Waals surface area contributed by atoms with Gasteiger partial charge >= 0.3 is 5.69 Å². The van der Waals surface area contributed by atoms with E-state index in [1.54, 1.807) is 11.6 Å². The Hall–Kier alpha value is -1.59. The molecule has 0 aliphatic heterocycles. The molecule has 1 N–H and O–H groups in total. The summed E-state index contributed by atoms with van der Waals surface area (Å²) < 4.78 is 1.75. The van der Waals surface area contributed by atoms with Gasteiger partial charge in [0.05, 0.1) is 4.92 Å². The molecule has 21 heavy (non-hydrogen) atoms. The van der Waals surface area contributed by atoms with Crippen LogP contribution in [0.5, 0.6) is 0 Å². The van der Waals surface area contributed by atoms with Crippen LogP contribution in [-0.2, 0) is 0 Å². The molecule has 1 aromatic rings. The number of aromatic nitrogens is 2. The molecule has 0 saturated heterocycles. The van der Waals surface area contributed by atoms with Crippen LogP contribution in [0.25, 0.3) is 0 Å². The molecule has 1 heterocycles. The van der Waals surface area contributed by atoms with Crippen molar-refractivity contribution in [3.63, 3.8) is 0 Å². The molecule has 0 radical (unpaired) electrons. The van der Waals surface area contributed by atoms with E-state index in [0.717, 1.165) is 19.3 Å². The number of hydrogen-bond acceptors (Lipinski definition) is 4. The molecule has 0 amide bonds. The zero-order valence-corrected chi connectivity index (χ0v) is 13.6. The van der Waals surface area contributed by atoms with Gasteiger partial charge in [-0.3, -0.25) is 10.1 Å². The van der Waals surface area contributed by atoms with E-state index < -0.39 is 0 Å². The van der Waals surface area contributed by atoms with Crippen LogP contribution in [0.4, 0.5) is 11.5 Å². The molecule has 118 valence electrons. The maximum atomic E-state index is 11.4. The Morgan fingerprint density at radius 3 is 2.67 bits per heavy atom. The highest BCUT2D eigenvalue weighted by Gasteiger charge is 2.32. The molecule has 6 heteroatoms. The molecule has 6 nitrogen and oxygen atoms in total. The van der Waals surface area contributed by atoms with E-state index in [4.69, 9.17) is 0 Å². The normalized spacial score (nSPS) is 21.5. The maximum absolute atomic E-state index is 11.4. The number of rotatable bonds is 4. The maximum Gasteiger partial charge on any atom is 0.333 e. The van der Waals surface area contributed by atoms with Gasteiger partial charge in [-0.25, -0.2) is 4.68 Å². The van der Waals surface area contributed by atoms with E-state index in [-0.39, 0.29) is 22.7 Å². The summed E-state index contributed by atoms with van der Waals surface area (Å²) in [7, 11) is 0. The molecule has 0 bridgehead atoms. The topological polar surface area (TPSA) is 73.0 Å². The Morgan fingerprint density at radius 2 is 2.14 bits per heavy atom. The summed E-state index contributed by atoms with van der Waals surface area (Å²) in [5.41, 5.74) is 0.890. The minimum atomic E-state index is -0.322. The lowest BCUT2D eigenvalue weighted by Crippen LogP contribution is -2.32. The third-order valence-electron chi connectivity index (χ3n) is 4.27. The lowest BCUT2D eigenvalue weighted by molar-refractivity contribution is -0.384. The zero-order chi connectivity index (χ0) is 15.8. The Bertz CT molecular complexity index is 534. The fraction of sp³-hybridized carbons (Fsp3) is 0.800. The van der Waals surface area contributed by atoms with Crippen molar-refractivity contribution in [1.82, 2.24) is 9.78 Å². The molecule has 0 spiro atoms. The van der Waals surface area contributed by atoms with Gasteiger partial charge in [-0.05, 0) is 45.4 Å². The molecule has 1 aromatic heterocycles. The molecule has 1 aliphatic carbocycles. The second kappa shape index (κ2) is 5.66. The van der Waals surface area contributed by atoms with Crippen LogP contribution < -0.4 is 5.32 Å². The average molecular weight is 294 g/mol.